The second kappa shape index (κ2) is 6.40. The Morgan fingerprint density at radius 2 is 1.87 bits per heavy atom. The number of nitrogens with one attached hydrogen (secondary N) is 1. The molecule has 0 saturated heterocycles. The van der Waals surface area contributed by atoms with Gasteiger partial charge in [0.15, 0.2) is 0 Å². The maximum Gasteiger partial charge on any atom is 0.328 e. The van der Waals surface area contributed by atoms with Gasteiger partial charge in [0.1, 0.15) is 6.04 Å². The van der Waals surface area contributed by atoms with Gasteiger partial charge in [0, 0.05) is 0 Å². The molecule has 0 aromatic carbocycles. The van der Waals surface area contributed by atoms with Gasteiger partial charge in [-0.2, -0.15) is 0 Å². The number of amides is 1. The number of methoxy groups -OCH3 is 1. The molecule has 0 unspecified atom stereocenters. The summed E-state index contributed by atoms with van der Waals surface area (Å²) in [6, 6.07) is -1.22. The first-order valence-electron chi connectivity index (χ1n) is 5.02. The van der Waals surface area contributed by atoms with E-state index >= 15 is 0 Å². The Morgan fingerprint density at radius 3 is 2.27 bits per heavy atom. The van der Waals surface area contributed by atoms with Crippen molar-refractivity contribution < 1.29 is 14.3 Å². The topological polar surface area (TPSA) is 81.4 Å². The van der Waals surface area contributed by atoms with Crippen molar-refractivity contribution in [2.75, 3.05) is 7.11 Å². The van der Waals surface area contributed by atoms with E-state index in [4.69, 9.17) is 5.73 Å². The third kappa shape index (κ3) is 5.37. The molecule has 0 radical (unpaired) electrons. The minimum Gasteiger partial charge on any atom is -0.467 e. The van der Waals surface area contributed by atoms with Crippen LogP contribution >= 0.6 is 0 Å². The van der Waals surface area contributed by atoms with Crippen molar-refractivity contribution in [2.45, 2.75) is 39.3 Å². The molecule has 0 aliphatic rings. The summed E-state index contributed by atoms with van der Waals surface area (Å²) >= 11 is 0. The Balaban J connectivity index is 4.07. The number of carbonyl (C=O) groups excluding carboxylic acids is 2. The lowest BCUT2D eigenvalue weighted by molar-refractivity contribution is -0.144. The van der Waals surface area contributed by atoms with Gasteiger partial charge in [-0.15, -0.1) is 0 Å². The van der Waals surface area contributed by atoms with Gasteiger partial charge in [-0.05, 0) is 19.3 Å². The van der Waals surface area contributed by atoms with Crippen molar-refractivity contribution >= 4 is 11.9 Å². The van der Waals surface area contributed by atoms with Crippen LogP contribution in [-0.4, -0.2) is 31.1 Å². The summed E-state index contributed by atoms with van der Waals surface area (Å²) in [6.07, 6.45) is 0.597. The third-order valence-electron chi connectivity index (χ3n) is 1.98. The first kappa shape index (κ1) is 13.9. The van der Waals surface area contributed by atoms with Crippen LogP contribution in [0.5, 0.6) is 0 Å². The minimum atomic E-state index is -0.652. The summed E-state index contributed by atoms with van der Waals surface area (Å²) in [5.74, 6) is -0.444. The first-order valence-corrected chi connectivity index (χ1v) is 5.02. The van der Waals surface area contributed by atoms with Gasteiger partial charge in [-0.3, -0.25) is 4.79 Å². The highest BCUT2D eigenvalue weighted by Gasteiger charge is 2.20. The van der Waals surface area contributed by atoms with Crippen LogP contribution < -0.4 is 11.1 Å². The molecule has 5 nitrogen and oxygen atoms in total. The van der Waals surface area contributed by atoms with Crippen LogP contribution in [0.15, 0.2) is 0 Å². The smallest absolute Gasteiger partial charge is 0.328 e. The zero-order valence-electron chi connectivity index (χ0n) is 9.74. The van der Waals surface area contributed by atoms with Crippen molar-refractivity contribution in [3.63, 3.8) is 0 Å². The van der Waals surface area contributed by atoms with Crippen LogP contribution in [0.4, 0.5) is 0 Å². The van der Waals surface area contributed by atoms with E-state index in [0.717, 1.165) is 0 Å². The molecule has 0 rings (SSSR count). The SMILES string of the molecule is COC(=O)[C@H](C)NC(=O)[C@@H](N)CC(C)C. The van der Waals surface area contributed by atoms with Crippen LogP contribution in [-0.2, 0) is 14.3 Å². The molecule has 0 saturated carbocycles. The summed E-state index contributed by atoms with van der Waals surface area (Å²) in [7, 11) is 1.28. The Bertz CT molecular complexity index is 229. The molecule has 0 bridgehead atoms. The van der Waals surface area contributed by atoms with Crippen LogP contribution in [0.1, 0.15) is 27.2 Å². The molecule has 0 spiro atoms. The fraction of sp³-hybridized carbons (Fsp3) is 0.800. The van der Waals surface area contributed by atoms with E-state index in [9.17, 15) is 9.59 Å². The van der Waals surface area contributed by atoms with Crippen LogP contribution in [0.3, 0.4) is 0 Å². The number of rotatable bonds is 5. The van der Waals surface area contributed by atoms with Crippen molar-refractivity contribution in [2.24, 2.45) is 11.7 Å². The lowest BCUT2D eigenvalue weighted by Crippen LogP contribution is -2.47. The van der Waals surface area contributed by atoms with Crippen LogP contribution in [0.2, 0.25) is 0 Å². The molecular weight excluding hydrogens is 196 g/mol. The van der Waals surface area contributed by atoms with Gasteiger partial charge in [-0.25, -0.2) is 4.79 Å². The standard InChI is InChI=1S/C10H20N2O3/c1-6(2)5-8(11)9(13)12-7(3)10(14)15-4/h6-8H,5,11H2,1-4H3,(H,12,13)/t7-,8-/m0/s1. The van der Waals surface area contributed by atoms with E-state index in [1.165, 1.54) is 7.11 Å². The van der Waals surface area contributed by atoms with Gasteiger partial charge in [0.05, 0.1) is 13.2 Å². The van der Waals surface area contributed by atoms with Gasteiger partial charge in [0.25, 0.3) is 0 Å². The maximum absolute atomic E-state index is 11.5. The summed E-state index contributed by atoms with van der Waals surface area (Å²) in [6.45, 7) is 5.53. The molecule has 2 atom stereocenters. The van der Waals surface area contributed by atoms with Gasteiger partial charge in [-0.1, -0.05) is 13.8 Å². The normalized spacial score (nSPS) is 14.5. The van der Waals surface area contributed by atoms with Gasteiger partial charge < -0.3 is 15.8 Å². The molecule has 0 fully saturated rings. The average Bonchev–Trinajstić information content (AvgIpc) is 2.15. The number of nitrogens with two attached hydrogens (primary N) is 1. The van der Waals surface area contributed by atoms with Crippen LogP contribution in [0.25, 0.3) is 0 Å². The van der Waals surface area contributed by atoms with E-state index in [1.54, 1.807) is 6.92 Å². The minimum absolute atomic E-state index is 0.318. The molecule has 0 aliphatic carbocycles. The highest BCUT2D eigenvalue weighted by molar-refractivity contribution is 5.87. The fourth-order valence-corrected chi connectivity index (χ4v) is 1.17. The number of carbonyl (C=O) groups is 2. The highest BCUT2D eigenvalue weighted by Crippen LogP contribution is 2.02. The monoisotopic (exact) mass is 216 g/mol. The lowest BCUT2D eigenvalue weighted by Gasteiger charge is -2.17. The van der Waals surface area contributed by atoms with Gasteiger partial charge >= 0.3 is 5.97 Å². The quantitative estimate of drug-likeness (QED) is 0.636. The number of hydrogen-bond acceptors (Lipinski definition) is 4. The Morgan fingerprint density at radius 1 is 1.33 bits per heavy atom. The van der Waals surface area contributed by atoms with E-state index in [-0.39, 0.29) is 5.91 Å². The van der Waals surface area contributed by atoms with E-state index in [2.05, 4.69) is 10.1 Å². The lowest BCUT2D eigenvalue weighted by atomic mass is 10.0. The second-order valence-corrected chi connectivity index (χ2v) is 3.99. The summed E-state index contributed by atoms with van der Waals surface area (Å²) in [4.78, 5) is 22.5. The maximum atomic E-state index is 11.5. The van der Waals surface area contributed by atoms with Crippen molar-refractivity contribution in [3.8, 4) is 0 Å². The number of esters is 1. The largest absolute Gasteiger partial charge is 0.467 e. The molecule has 1 amide bonds. The molecule has 0 aromatic rings. The van der Waals surface area contributed by atoms with E-state index < -0.39 is 18.1 Å². The molecule has 0 heterocycles. The highest BCUT2D eigenvalue weighted by atomic mass is 16.5. The number of hydrogen-bond donors (Lipinski definition) is 2. The molecule has 0 aliphatic heterocycles. The Kier molecular flexibility index (Phi) is 5.93. The predicted molar refractivity (Wildman–Crippen MR) is 57.1 cm³/mol. The second-order valence-electron chi connectivity index (χ2n) is 3.99. The average molecular weight is 216 g/mol. The molecule has 5 heteroatoms. The van der Waals surface area contributed by atoms with Crippen molar-refractivity contribution in [3.05, 3.63) is 0 Å². The van der Waals surface area contributed by atoms with Crippen molar-refractivity contribution in [1.82, 2.24) is 5.32 Å². The number of ether oxygens (including phenoxy) is 1. The van der Waals surface area contributed by atoms with Crippen molar-refractivity contribution in [1.29, 1.82) is 0 Å². The summed E-state index contributed by atoms with van der Waals surface area (Å²) < 4.78 is 4.48. The third-order valence-corrected chi connectivity index (χ3v) is 1.98. The molecule has 3 N–H and O–H groups in total. The first-order chi connectivity index (χ1) is 6.88. The zero-order valence-corrected chi connectivity index (χ0v) is 9.74. The predicted octanol–water partition coefficient (Wildman–Crippen LogP) is 0.0375. The molecular formula is C10H20N2O3. The fourth-order valence-electron chi connectivity index (χ4n) is 1.17. The van der Waals surface area contributed by atoms with E-state index in [0.29, 0.717) is 12.3 Å². The van der Waals surface area contributed by atoms with Gasteiger partial charge in [0.2, 0.25) is 5.91 Å². The summed E-state index contributed by atoms with van der Waals surface area (Å²) in [5.41, 5.74) is 5.64. The Labute approximate surface area is 90.4 Å². The molecule has 88 valence electrons. The Hall–Kier alpha value is -1.10. The molecule has 15 heavy (non-hydrogen) atoms. The molecule has 0 aromatic heterocycles. The summed E-state index contributed by atoms with van der Waals surface area (Å²) in [5, 5.41) is 2.50. The van der Waals surface area contributed by atoms with E-state index in [1.807, 2.05) is 13.8 Å². The van der Waals surface area contributed by atoms with Crippen LogP contribution in [0, 0.1) is 5.92 Å². The zero-order chi connectivity index (χ0) is 12.0.